The molecule has 0 spiro atoms. The van der Waals surface area contributed by atoms with Gasteiger partial charge in [0, 0.05) is 46.6 Å². The molecule has 3 nitrogen and oxygen atoms in total. The molecule has 0 unspecified atom stereocenters. The monoisotopic (exact) mass is 375 g/mol. The Balaban J connectivity index is 1.63. The average Bonchev–Trinajstić information content (AvgIpc) is 2.69. The summed E-state index contributed by atoms with van der Waals surface area (Å²) >= 11 is 7.16. The topological polar surface area (TPSA) is 38.7 Å². The summed E-state index contributed by atoms with van der Waals surface area (Å²) in [4.78, 5) is 5.21. The maximum Gasteiger partial charge on any atom is 0.127 e. The minimum Gasteiger partial charge on any atom is -0.264 e. The zero-order valence-corrected chi connectivity index (χ0v) is 15.8. The van der Waals surface area contributed by atoms with Crippen LogP contribution in [0.5, 0.6) is 0 Å². The predicted molar refractivity (Wildman–Crippen MR) is 112 cm³/mol. The third-order valence-electron chi connectivity index (χ3n) is 4.28. The van der Waals surface area contributed by atoms with Gasteiger partial charge in [-0.1, -0.05) is 72.5 Å². The predicted octanol–water partition coefficient (Wildman–Crippen LogP) is 4.96. The molecule has 0 bridgehead atoms. The van der Waals surface area contributed by atoms with E-state index in [9.17, 15) is 0 Å². The zero-order valence-electron chi connectivity index (χ0n) is 14.1. The van der Waals surface area contributed by atoms with Gasteiger partial charge in [-0.3, -0.25) is 4.98 Å². The van der Waals surface area contributed by atoms with Crippen molar-refractivity contribution in [2.75, 3.05) is 5.75 Å². The van der Waals surface area contributed by atoms with E-state index in [1.807, 2.05) is 12.3 Å². The van der Waals surface area contributed by atoms with Gasteiger partial charge in [0.1, 0.15) is 5.03 Å². The van der Waals surface area contributed by atoms with Crippen molar-refractivity contribution in [2.45, 2.75) is 17.9 Å². The molecule has 0 radical (unpaired) electrons. The van der Waals surface area contributed by atoms with Crippen LogP contribution in [0.15, 0.2) is 77.6 Å². The van der Waals surface area contributed by atoms with Crippen LogP contribution in [0.2, 0.25) is 0 Å². The van der Waals surface area contributed by atoms with Gasteiger partial charge >= 0.3 is 0 Å². The van der Waals surface area contributed by atoms with Gasteiger partial charge in [0.05, 0.1) is 5.69 Å². The van der Waals surface area contributed by atoms with Crippen molar-refractivity contribution in [2.24, 2.45) is 0 Å². The highest BCUT2D eigenvalue weighted by Gasteiger charge is 2.13. The second-order valence-electron chi connectivity index (χ2n) is 6.07. The van der Waals surface area contributed by atoms with E-state index in [-0.39, 0.29) is 0 Å². The Hall–Kier alpha value is -2.37. The highest BCUT2D eigenvalue weighted by Crippen LogP contribution is 2.29. The van der Waals surface area contributed by atoms with E-state index in [4.69, 9.17) is 12.2 Å². The van der Waals surface area contributed by atoms with Crippen LogP contribution in [0.25, 0.3) is 10.8 Å². The van der Waals surface area contributed by atoms with Gasteiger partial charge in [0.25, 0.3) is 0 Å². The zero-order chi connectivity index (χ0) is 17.8. The van der Waals surface area contributed by atoms with E-state index in [1.165, 1.54) is 5.57 Å². The maximum atomic E-state index is 5.46. The Labute approximate surface area is 162 Å². The summed E-state index contributed by atoms with van der Waals surface area (Å²) in [6, 6.07) is 12.4. The molecule has 1 aliphatic rings. The number of nitrogens with zero attached hydrogens (tertiary/aromatic N) is 3. The van der Waals surface area contributed by atoms with Crippen molar-refractivity contribution in [1.29, 1.82) is 0 Å². The first kappa shape index (κ1) is 17.1. The number of aromatic nitrogens is 3. The van der Waals surface area contributed by atoms with Crippen LogP contribution in [0.1, 0.15) is 17.7 Å². The van der Waals surface area contributed by atoms with Crippen LogP contribution in [-0.2, 0) is 6.42 Å². The molecule has 128 valence electrons. The Bertz CT molecular complexity index is 1010. The summed E-state index contributed by atoms with van der Waals surface area (Å²) in [5, 5.41) is 12.3. The van der Waals surface area contributed by atoms with Gasteiger partial charge in [-0.25, -0.2) is 0 Å². The number of benzene rings is 1. The Morgan fingerprint density at radius 1 is 1.04 bits per heavy atom. The molecular formula is C21H17N3S2. The van der Waals surface area contributed by atoms with Crippen molar-refractivity contribution in [3.8, 4) is 0 Å². The number of fused-ring (bicyclic) bond motifs is 1. The highest BCUT2D eigenvalue weighted by molar-refractivity contribution is 7.99. The molecular weight excluding hydrogens is 358 g/mol. The number of allylic oxidation sites excluding steroid dienone is 3. The van der Waals surface area contributed by atoms with Crippen molar-refractivity contribution in [1.82, 2.24) is 15.2 Å². The second-order valence-corrected chi connectivity index (χ2v) is 7.53. The minimum atomic E-state index is 0.729. The molecule has 0 aliphatic heterocycles. The Morgan fingerprint density at radius 2 is 1.92 bits per heavy atom. The molecule has 0 amide bonds. The standard InChI is InChI=1S/C21H17N3S2/c25-20-10-4-1-7-16(20)14-26-21-18-9-3-2-8-17(18)19(23-24-21)12-15-6-5-11-22-13-15/h1-9,11,13H,10,12,14H2. The van der Waals surface area contributed by atoms with Crippen LogP contribution < -0.4 is 0 Å². The fraction of sp³-hybridized carbons (Fsp3) is 0.143. The van der Waals surface area contributed by atoms with Crippen molar-refractivity contribution in [3.05, 3.63) is 83.9 Å². The number of hydrogen-bond acceptors (Lipinski definition) is 5. The summed E-state index contributed by atoms with van der Waals surface area (Å²) in [5.74, 6) is 0.823. The fourth-order valence-corrected chi connectivity index (χ4v) is 4.25. The van der Waals surface area contributed by atoms with E-state index >= 15 is 0 Å². The third kappa shape index (κ3) is 3.74. The van der Waals surface area contributed by atoms with Crippen LogP contribution in [0.4, 0.5) is 0 Å². The van der Waals surface area contributed by atoms with Crippen LogP contribution in [0.3, 0.4) is 0 Å². The van der Waals surface area contributed by atoms with Gasteiger partial charge in [-0.2, -0.15) is 5.10 Å². The van der Waals surface area contributed by atoms with E-state index in [0.717, 1.165) is 50.5 Å². The van der Waals surface area contributed by atoms with Gasteiger partial charge in [0.2, 0.25) is 0 Å². The summed E-state index contributed by atoms with van der Waals surface area (Å²) in [5.41, 5.74) is 3.32. The number of thioether (sulfide) groups is 1. The number of thiocarbonyl (C=S) groups is 1. The summed E-state index contributed by atoms with van der Waals surface area (Å²) in [6.45, 7) is 0. The molecule has 5 heteroatoms. The van der Waals surface area contributed by atoms with E-state index in [2.05, 4.69) is 63.7 Å². The lowest BCUT2D eigenvalue weighted by Crippen LogP contribution is -2.05. The molecule has 4 rings (SSSR count). The van der Waals surface area contributed by atoms with Gasteiger partial charge < -0.3 is 0 Å². The van der Waals surface area contributed by atoms with Crippen LogP contribution >= 0.6 is 24.0 Å². The molecule has 1 aliphatic carbocycles. The average molecular weight is 376 g/mol. The second kappa shape index (κ2) is 7.89. The summed E-state index contributed by atoms with van der Waals surface area (Å²) in [6.07, 6.45) is 11.5. The fourth-order valence-electron chi connectivity index (χ4n) is 2.93. The van der Waals surface area contributed by atoms with E-state index in [1.54, 1.807) is 18.0 Å². The Morgan fingerprint density at radius 3 is 2.73 bits per heavy atom. The number of pyridine rings is 1. The molecule has 3 aromatic rings. The lowest BCUT2D eigenvalue weighted by molar-refractivity contribution is 0.895. The van der Waals surface area contributed by atoms with Gasteiger partial charge in [0.15, 0.2) is 0 Å². The van der Waals surface area contributed by atoms with Gasteiger partial charge in [-0.15, -0.1) is 5.10 Å². The van der Waals surface area contributed by atoms with Crippen molar-refractivity contribution >= 4 is 39.6 Å². The third-order valence-corrected chi connectivity index (χ3v) is 5.74. The lowest BCUT2D eigenvalue weighted by atomic mass is 10.1. The van der Waals surface area contributed by atoms with Crippen molar-refractivity contribution in [3.63, 3.8) is 0 Å². The molecule has 2 heterocycles. The van der Waals surface area contributed by atoms with Crippen LogP contribution in [0, 0.1) is 0 Å². The maximum absolute atomic E-state index is 5.46. The van der Waals surface area contributed by atoms with Crippen molar-refractivity contribution < 1.29 is 0 Å². The quantitative estimate of drug-likeness (QED) is 0.465. The van der Waals surface area contributed by atoms with Gasteiger partial charge in [-0.05, 0) is 17.2 Å². The lowest BCUT2D eigenvalue weighted by Gasteiger charge is -2.12. The largest absolute Gasteiger partial charge is 0.264 e. The molecule has 2 aromatic heterocycles. The summed E-state index contributed by atoms with van der Waals surface area (Å²) < 4.78 is 0. The SMILES string of the molecule is S=C1CC=CC=C1CSc1nnc(Cc2cccnc2)c2ccccc12. The smallest absolute Gasteiger partial charge is 0.127 e. The molecule has 0 saturated heterocycles. The van der Waals surface area contributed by atoms with E-state index in [0.29, 0.717) is 0 Å². The molecule has 0 atom stereocenters. The van der Waals surface area contributed by atoms with Crippen LogP contribution in [-0.4, -0.2) is 25.8 Å². The first-order valence-electron chi connectivity index (χ1n) is 8.46. The molecule has 0 saturated carbocycles. The Kier molecular flexibility index (Phi) is 5.18. The summed E-state index contributed by atoms with van der Waals surface area (Å²) in [7, 11) is 0. The first-order valence-corrected chi connectivity index (χ1v) is 9.85. The highest BCUT2D eigenvalue weighted by atomic mass is 32.2. The molecule has 26 heavy (non-hydrogen) atoms. The normalized spacial score (nSPS) is 13.8. The number of hydrogen-bond donors (Lipinski definition) is 0. The minimum absolute atomic E-state index is 0.729. The first-order chi connectivity index (χ1) is 12.8. The molecule has 1 aromatic carbocycles. The molecule has 0 fully saturated rings. The molecule has 0 N–H and O–H groups in total. The van der Waals surface area contributed by atoms with E-state index < -0.39 is 0 Å². The number of rotatable bonds is 5.